The Labute approximate surface area is 308 Å². The molecule has 298 valence electrons. The van der Waals surface area contributed by atoms with Crippen molar-refractivity contribution in [2.75, 3.05) is 26.7 Å². The minimum absolute atomic E-state index is 0. The molecule has 0 unspecified atom stereocenters. The minimum Gasteiger partial charge on any atom is -0.476 e. The predicted molar refractivity (Wildman–Crippen MR) is 191 cm³/mol. The van der Waals surface area contributed by atoms with Crippen LogP contribution >= 0.6 is 0 Å². The number of aromatic amines is 2. The van der Waals surface area contributed by atoms with E-state index in [4.69, 9.17) is 19.3 Å². The molecular weight excluding hydrogens is 700 g/mol. The molecule has 0 atom stereocenters. The lowest BCUT2D eigenvalue weighted by Crippen LogP contribution is -2.56. The third-order valence-corrected chi connectivity index (χ3v) is 5.80. The lowest BCUT2D eigenvalue weighted by atomic mass is 10.2. The number of aromatic nitrogens is 3. The van der Waals surface area contributed by atoms with Crippen LogP contribution in [0.2, 0.25) is 0 Å². The van der Waals surface area contributed by atoms with Crippen LogP contribution < -0.4 is 10.7 Å². The Morgan fingerprint density at radius 2 is 1.36 bits per heavy atom. The van der Waals surface area contributed by atoms with E-state index in [-0.39, 0.29) is 66.9 Å². The van der Waals surface area contributed by atoms with Gasteiger partial charge in [0.15, 0.2) is 16.8 Å². The number of hydrogen-bond donors (Lipinski definition) is 4. The fraction of sp³-hybridized carbons (Fsp3) is 0.559. The summed E-state index contributed by atoms with van der Waals surface area (Å²) in [4.78, 5) is 100. The van der Waals surface area contributed by atoms with Crippen LogP contribution in [0.4, 0.5) is 9.59 Å². The van der Waals surface area contributed by atoms with Gasteiger partial charge >= 0.3 is 41.9 Å². The van der Waals surface area contributed by atoms with Gasteiger partial charge in [-0.05, 0) is 69.2 Å². The van der Waals surface area contributed by atoms with Crippen LogP contribution in [0.25, 0.3) is 0 Å². The number of carbonyl (C=O) groups excluding carboxylic acids is 6. The number of imidazole rings is 1. The molecule has 0 aromatic carbocycles. The molecule has 4 N–H and O–H groups in total. The van der Waals surface area contributed by atoms with E-state index in [0.29, 0.717) is 13.1 Å². The van der Waals surface area contributed by atoms with E-state index in [2.05, 4.69) is 25.0 Å². The number of H-pyrrole nitrogens is 2. The largest absolute Gasteiger partial charge is 0.476 e. The van der Waals surface area contributed by atoms with Crippen molar-refractivity contribution in [3.8, 4) is 0 Å². The molecule has 3 heterocycles. The molecule has 0 bridgehead atoms. The third-order valence-electron chi connectivity index (χ3n) is 5.80. The molecule has 4 amide bonds. The van der Waals surface area contributed by atoms with E-state index in [9.17, 15) is 38.4 Å². The van der Waals surface area contributed by atoms with Crippen molar-refractivity contribution >= 4 is 41.9 Å². The number of aryl methyl sites for hydroxylation is 1. The number of esters is 2. The number of carboxylic acid groups (broad SMARTS) is 1. The number of pyridine rings is 1. The topological polar surface area (TPSA) is 257 Å². The van der Waals surface area contributed by atoms with Crippen molar-refractivity contribution in [3.63, 3.8) is 0 Å². The van der Waals surface area contributed by atoms with Gasteiger partial charge in [-0.25, -0.2) is 33.9 Å². The molecule has 19 nitrogen and oxygen atoms in total. The van der Waals surface area contributed by atoms with Gasteiger partial charge in [-0.1, -0.05) is 7.43 Å². The molecule has 2 aromatic heterocycles. The number of piperazine rings is 1. The molecule has 1 saturated heterocycles. The summed E-state index contributed by atoms with van der Waals surface area (Å²) in [5.41, 5.74) is -0.00542. The number of likely N-dealkylation sites (N-methyl/N-ethyl adjacent to an activating group) is 1. The standard InChI is InChI=1S/C10H16N2O4.C10H13NO3.C8H10N2O4.C5H11NO2.CH4/c1-4-11-5-6-12(9(14)8(11)13)10(15)16-7(2)3;1-6(2)14-10(13)8-5-11-7(3)4-9(8)12;1-4(2)14-8(13)6-5(7(11)12)9-3-10-6;1-4(2)8-5(7)6-3;/h7H,4-6H2,1-3H3;4-6H,1-3H3,(H,11,12);3-4H,1-2H3,(H,9,10)(H,11,12);4H,1-3H3,(H,6,7);1H4. The van der Waals surface area contributed by atoms with Crippen molar-refractivity contribution in [2.24, 2.45) is 0 Å². The first-order valence-corrected chi connectivity index (χ1v) is 16.2. The number of amides is 4. The molecular formula is C34H54N6O13. The average molecular weight is 755 g/mol. The summed E-state index contributed by atoms with van der Waals surface area (Å²) in [6, 6.07) is 1.37. The van der Waals surface area contributed by atoms with Gasteiger partial charge in [0.05, 0.1) is 37.3 Å². The van der Waals surface area contributed by atoms with Crippen LogP contribution in [-0.4, -0.2) is 123 Å². The van der Waals surface area contributed by atoms with Crippen LogP contribution in [0.5, 0.6) is 0 Å². The maximum absolute atomic E-state index is 11.6. The predicted octanol–water partition coefficient (Wildman–Crippen LogP) is 3.53. The quantitative estimate of drug-likeness (QED) is 0.171. The summed E-state index contributed by atoms with van der Waals surface area (Å²) in [7, 11) is 1.53. The monoisotopic (exact) mass is 754 g/mol. The lowest BCUT2D eigenvalue weighted by molar-refractivity contribution is -0.154. The van der Waals surface area contributed by atoms with Crippen molar-refractivity contribution in [1.82, 2.24) is 30.1 Å². The summed E-state index contributed by atoms with van der Waals surface area (Å²) in [6.07, 6.45) is 0.539. The summed E-state index contributed by atoms with van der Waals surface area (Å²) in [5.74, 6) is -4.01. The molecule has 0 saturated carbocycles. The highest BCUT2D eigenvalue weighted by Gasteiger charge is 2.36. The van der Waals surface area contributed by atoms with Crippen LogP contribution in [0, 0.1) is 6.92 Å². The van der Waals surface area contributed by atoms with Crippen molar-refractivity contribution in [1.29, 1.82) is 0 Å². The Morgan fingerprint density at radius 3 is 1.79 bits per heavy atom. The lowest BCUT2D eigenvalue weighted by Gasteiger charge is -2.31. The maximum Gasteiger partial charge on any atom is 0.417 e. The first-order valence-electron chi connectivity index (χ1n) is 16.2. The number of aromatic carboxylic acids is 1. The molecule has 1 fully saturated rings. The SMILES string of the molecule is C.CC(C)OC(=O)c1[nH]cnc1C(=O)O.CCN1CCN(C(=O)OC(C)C)C(=O)C1=O.CNC(=O)OC(C)C.Cc1cc(=O)c(C(=O)OC(C)C)c[nH]1. The van der Waals surface area contributed by atoms with E-state index < -0.39 is 35.8 Å². The Kier molecular flexibility index (Phi) is 22.8. The number of imide groups is 1. The van der Waals surface area contributed by atoms with Gasteiger partial charge in [0.1, 0.15) is 5.56 Å². The fourth-order valence-electron chi connectivity index (χ4n) is 3.58. The molecule has 1 aliphatic heterocycles. The number of nitrogens with one attached hydrogen (secondary N) is 3. The fourth-order valence-corrected chi connectivity index (χ4v) is 3.58. The first-order chi connectivity index (χ1) is 24.2. The number of rotatable bonds is 8. The minimum atomic E-state index is -1.26. The van der Waals surface area contributed by atoms with E-state index >= 15 is 0 Å². The van der Waals surface area contributed by atoms with Gasteiger partial charge in [-0.15, -0.1) is 0 Å². The smallest absolute Gasteiger partial charge is 0.417 e. The Morgan fingerprint density at radius 1 is 0.830 bits per heavy atom. The highest BCUT2D eigenvalue weighted by molar-refractivity contribution is 6.37. The molecule has 2 aromatic rings. The maximum atomic E-state index is 11.6. The number of alkyl carbamates (subject to hydrolysis) is 1. The van der Waals surface area contributed by atoms with E-state index in [1.165, 1.54) is 24.2 Å². The molecule has 53 heavy (non-hydrogen) atoms. The third kappa shape index (κ3) is 18.4. The van der Waals surface area contributed by atoms with Crippen LogP contribution in [0.15, 0.2) is 23.4 Å². The van der Waals surface area contributed by atoms with Crippen molar-refractivity contribution in [3.05, 3.63) is 51.5 Å². The van der Waals surface area contributed by atoms with Crippen molar-refractivity contribution in [2.45, 2.75) is 101 Å². The van der Waals surface area contributed by atoms with Gasteiger partial charge in [0, 0.05) is 38.1 Å². The molecule has 0 radical (unpaired) electrons. The summed E-state index contributed by atoms with van der Waals surface area (Å²) < 4.78 is 19.2. The normalized spacial score (nSPS) is 11.9. The Balaban J connectivity index is 0. The number of hydrogen-bond acceptors (Lipinski definition) is 13. The molecule has 1 aliphatic rings. The van der Waals surface area contributed by atoms with Gasteiger partial charge in [-0.2, -0.15) is 0 Å². The second-order valence-electron chi connectivity index (χ2n) is 11.7. The Hall–Kier alpha value is -5.75. The highest BCUT2D eigenvalue weighted by atomic mass is 16.6. The second-order valence-corrected chi connectivity index (χ2v) is 11.7. The Bertz CT molecular complexity index is 1580. The van der Waals surface area contributed by atoms with Crippen LogP contribution in [0.1, 0.15) is 107 Å². The van der Waals surface area contributed by atoms with Gasteiger partial charge in [0.2, 0.25) is 0 Å². The van der Waals surface area contributed by atoms with E-state index in [0.717, 1.165) is 16.9 Å². The van der Waals surface area contributed by atoms with Crippen LogP contribution in [0.3, 0.4) is 0 Å². The molecule has 0 aliphatic carbocycles. The summed E-state index contributed by atoms with van der Waals surface area (Å²) >= 11 is 0. The van der Waals surface area contributed by atoms with E-state index in [1.807, 2.05) is 0 Å². The molecule has 3 rings (SSSR count). The zero-order valence-electron chi connectivity index (χ0n) is 31.4. The summed E-state index contributed by atoms with van der Waals surface area (Å²) in [6.45, 7) is 18.4. The average Bonchev–Trinajstić information content (AvgIpc) is 3.53. The number of ether oxygens (including phenoxy) is 4. The second kappa shape index (κ2) is 24.4. The van der Waals surface area contributed by atoms with Crippen LogP contribution in [-0.2, 0) is 28.5 Å². The number of nitrogens with zero attached hydrogens (tertiary/aromatic N) is 3. The van der Waals surface area contributed by atoms with E-state index in [1.54, 1.807) is 69.2 Å². The molecule has 0 spiro atoms. The first kappa shape index (κ1) is 49.4. The number of carboxylic acids is 1. The van der Waals surface area contributed by atoms with Gasteiger partial charge in [0.25, 0.3) is 0 Å². The zero-order chi connectivity index (χ0) is 40.3. The summed E-state index contributed by atoms with van der Waals surface area (Å²) in [5, 5.41) is 11.0. The van der Waals surface area contributed by atoms with Crippen molar-refractivity contribution < 1.29 is 57.6 Å². The molecule has 19 heteroatoms. The number of carbonyl (C=O) groups is 7. The highest BCUT2D eigenvalue weighted by Crippen LogP contribution is 2.08. The zero-order valence-corrected chi connectivity index (χ0v) is 31.4. The van der Waals surface area contributed by atoms with Gasteiger partial charge in [-0.3, -0.25) is 14.4 Å². The van der Waals surface area contributed by atoms with Gasteiger partial charge < -0.3 is 44.2 Å².